The molecule has 2 aromatic rings. The number of hydrogen-bond acceptors (Lipinski definition) is 6. The average molecular weight is 536 g/mol. The van der Waals surface area contributed by atoms with Crippen molar-refractivity contribution in [2.75, 3.05) is 25.6 Å². The lowest BCUT2D eigenvalue weighted by Gasteiger charge is -2.37. The number of carbonyl (C=O) groups excluding carboxylic acids is 3. The molecule has 0 radical (unpaired) electrons. The minimum atomic E-state index is -1.18. The highest BCUT2D eigenvalue weighted by Gasteiger charge is 2.79. The van der Waals surface area contributed by atoms with Gasteiger partial charge >= 0.3 is 0 Å². The predicted octanol–water partition coefficient (Wildman–Crippen LogP) is 3.05. The summed E-state index contributed by atoms with van der Waals surface area (Å²) in [5, 5.41) is 16.5. The molecule has 3 N–H and O–H groups in total. The second-order valence-electron chi connectivity index (χ2n) is 10.7. The van der Waals surface area contributed by atoms with Crippen LogP contribution in [0.3, 0.4) is 0 Å². The fourth-order valence-corrected chi connectivity index (χ4v) is 6.96. The number of carbonyl (C=O) groups is 3. The zero-order valence-electron chi connectivity index (χ0n) is 22.7. The summed E-state index contributed by atoms with van der Waals surface area (Å²) in [6, 6.07) is 14.3. The van der Waals surface area contributed by atoms with Gasteiger partial charge < -0.3 is 30.1 Å². The van der Waals surface area contributed by atoms with Crippen molar-refractivity contribution in [3.8, 4) is 5.75 Å². The van der Waals surface area contributed by atoms with Crippen LogP contribution in [0.4, 0.5) is 5.69 Å². The van der Waals surface area contributed by atoms with E-state index in [0.29, 0.717) is 42.8 Å². The zero-order chi connectivity index (χ0) is 27.8. The Morgan fingerprint density at radius 2 is 1.82 bits per heavy atom. The number of rotatable bonds is 10. The van der Waals surface area contributed by atoms with Crippen LogP contribution in [0.25, 0.3) is 0 Å². The van der Waals surface area contributed by atoms with E-state index in [0.717, 1.165) is 6.42 Å². The van der Waals surface area contributed by atoms with Gasteiger partial charge in [-0.15, -0.1) is 0 Å². The van der Waals surface area contributed by atoms with Gasteiger partial charge in [0, 0.05) is 12.2 Å². The highest BCUT2D eigenvalue weighted by atomic mass is 16.5. The molecule has 9 nitrogen and oxygen atoms in total. The molecule has 6 atom stereocenters. The lowest BCUT2D eigenvalue weighted by atomic mass is 9.65. The van der Waals surface area contributed by atoms with Crippen LogP contribution in [0, 0.1) is 11.8 Å². The minimum absolute atomic E-state index is 0.213. The van der Waals surface area contributed by atoms with Gasteiger partial charge in [0.1, 0.15) is 17.4 Å². The van der Waals surface area contributed by atoms with Crippen LogP contribution >= 0.6 is 0 Å². The van der Waals surface area contributed by atoms with Crippen LogP contribution in [0.1, 0.15) is 51.1 Å². The molecular formula is C30H37N3O6. The first-order valence-electron chi connectivity index (χ1n) is 13.8. The summed E-state index contributed by atoms with van der Waals surface area (Å²) in [6.45, 7) is 4.06. The largest absolute Gasteiger partial charge is 0.497 e. The number of amides is 3. The Morgan fingerprint density at radius 1 is 1.10 bits per heavy atom. The van der Waals surface area contributed by atoms with Crippen LogP contribution in [0.15, 0.2) is 54.6 Å². The standard InChI is InChI=1S/C30H37N3O6/c1-4-17-31-26(35)23-24-28(37)33(22(18-34)19-9-7-6-8-10-19)25(30(24)16-15-29(23,5-2)39-30)27(36)32-20-11-13-21(38-3)14-12-20/h6-14,22-25,34H,4-5,15-18H2,1-3H3,(H,31,35)(H,32,36)/t22-,23+,24+,25?,29-,30?/m1/s1. The highest BCUT2D eigenvalue weighted by molar-refractivity contribution is 6.04. The van der Waals surface area contributed by atoms with Crippen LogP contribution in [0.2, 0.25) is 0 Å². The maximum absolute atomic E-state index is 14.4. The monoisotopic (exact) mass is 535 g/mol. The lowest BCUT2D eigenvalue weighted by molar-refractivity contribution is -0.149. The van der Waals surface area contributed by atoms with E-state index in [9.17, 15) is 19.5 Å². The Balaban J connectivity index is 1.59. The molecule has 2 bridgehead atoms. The number of anilines is 1. The summed E-state index contributed by atoms with van der Waals surface area (Å²) in [5.41, 5.74) is -0.744. The molecular weight excluding hydrogens is 498 g/mol. The van der Waals surface area contributed by atoms with Crippen molar-refractivity contribution < 1.29 is 29.0 Å². The number of ether oxygens (including phenoxy) is 2. The van der Waals surface area contributed by atoms with E-state index in [-0.39, 0.29) is 18.4 Å². The second kappa shape index (κ2) is 10.6. The third-order valence-corrected chi connectivity index (χ3v) is 8.75. The van der Waals surface area contributed by atoms with Crippen LogP contribution < -0.4 is 15.4 Å². The number of hydrogen-bond donors (Lipinski definition) is 3. The van der Waals surface area contributed by atoms with Crippen LogP contribution in [-0.2, 0) is 19.1 Å². The first-order chi connectivity index (χ1) is 18.9. The molecule has 9 heteroatoms. The maximum Gasteiger partial charge on any atom is 0.250 e. The van der Waals surface area contributed by atoms with E-state index in [1.54, 1.807) is 31.4 Å². The molecule has 2 unspecified atom stereocenters. The van der Waals surface area contributed by atoms with E-state index in [1.807, 2.05) is 44.2 Å². The Morgan fingerprint density at radius 3 is 2.44 bits per heavy atom. The smallest absolute Gasteiger partial charge is 0.250 e. The van der Waals surface area contributed by atoms with Gasteiger partial charge in [0.2, 0.25) is 17.7 Å². The predicted molar refractivity (Wildman–Crippen MR) is 145 cm³/mol. The van der Waals surface area contributed by atoms with Crippen molar-refractivity contribution >= 4 is 23.4 Å². The van der Waals surface area contributed by atoms with Crippen LogP contribution in [-0.4, -0.2) is 65.2 Å². The topological polar surface area (TPSA) is 117 Å². The normalized spacial score (nSPS) is 29.7. The quantitative estimate of drug-likeness (QED) is 0.431. The van der Waals surface area contributed by atoms with Gasteiger partial charge in [0.05, 0.1) is 37.2 Å². The third kappa shape index (κ3) is 4.28. The van der Waals surface area contributed by atoms with Gasteiger partial charge in [-0.2, -0.15) is 0 Å². The summed E-state index contributed by atoms with van der Waals surface area (Å²) in [7, 11) is 1.57. The highest BCUT2D eigenvalue weighted by Crippen LogP contribution is 2.65. The van der Waals surface area contributed by atoms with Crippen molar-refractivity contribution in [2.24, 2.45) is 11.8 Å². The van der Waals surface area contributed by atoms with Gasteiger partial charge in [0.15, 0.2) is 0 Å². The number of nitrogens with zero attached hydrogens (tertiary/aromatic N) is 1. The van der Waals surface area contributed by atoms with Crippen molar-refractivity contribution in [1.82, 2.24) is 10.2 Å². The molecule has 208 valence electrons. The van der Waals surface area contributed by atoms with Crippen molar-refractivity contribution in [3.05, 3.63) is 60.2 Å². The minimum Gasteiger partial charge on any atom is -0.497 e. The number of aliphatic hydroxyl groups excluding tert-OH is 1. The molecule has 3 amide bonds. The molecule has 39 heavy (non-hydrogen) atoms. The Labute approximate surface area is 228 Å². The summed E-state index contributed by atoms with van der Waals surface area (Å²) in [4.78, 5) is 43.6. The van der Waals surface area contributed by atoms with E-state index in [1.165, 1.54) is 4.90 Å². The van der Waals surface area contributed by atoms with Gasteiger partial charge in [-0.25, -0.2) is 0 Å². The molecule has 0 aliphatic carbocycles. The van der Waals surface area contributed by atoms with Gasteiger partial charge in [-0.1, -0.05) is 44.2 Å². The molecule has 5 rings (SSSR count). The molecule has 0 saturated carbocycles. The Hall–Kier alpha value is -3.43. The maximum atomic E-state index is 14.4. The number of methoxy groups -OCH3 is 1. The fraction of sp³-hybridized carbons (Fsp3) is 0.500. The van der Waals surface area contributed by atoms with E-state index < -0.39 is 41.0 Å². The zero-order valence-corrected chi connectivity index (χ0v) is 22.7. The first-order valence-corrected chi connectivity index (χ1v) is 13.8. The van der Waals surface area contributed by atoms with E-state index in [2.05, 4.69) is 10.6 Å². The molecule has 3 aliphatic heterocycles. The lowest BCUT2D eigenvalue weighted by Crippen LogP contribution is -2.54. The van der Waals surface area contributed by atoms with Gasteiger partial charge in [-0.05, 0) is 55.5 Å². The summed E-state index contributed by atoms with van der Waals surface area (Å²) in [5.74, 6) is -1.85. The van der Waals surface area contributed by atoms with Crippen molar-refractivity contribution in [3.63, 3.8) is 0 Å². The summed E-state index contributed by atoms with van der Waals surface area (Å²) >= 11 is 0. The molecule has 2 aromatic carbocycles. The SMILES string of the molecule is CCCNC(=O)[C@@H]1[C@H]2C(=O)N([C@H](CO)c3ccccc3)C(C(=O)Nc3ccc(OC)cc3)C23CC[C@@]1(CC)O3. The summed E-state index contributed by atoms with van der Waals surface area (Å²) < 4.78 is 12.0. The Bertz CT molecular complexity index is 1220. The van der Waals surface area contributed by atoms with Crippen molar-refractivity contribution in [2.45, 2.75) is 62.8 Å². The number of likely N-dealkylation sites (tertiary alicyclic amines) is 1. The van der Waals surface area contributed by atoms with Gasteiger partial charge in [0.25, 0.3) is 0 Å². The van der Waals surface area contributed by atoms with E-state index in [4.69, 9.17) is 9.47 Å². The molecule has 3 fully saturated rings. The molecule has 3 aliphatic rings. The number of fused-ring (bicyclic) bond motifs is 1. The molecule has 0 aromatic heterocycles. The number of nitrogens with one attached hydrogen (secondary N) is 2. The van der Waals surface area contributed by atoms with Crippen LogP contribution in [0.5, 0.6) is 5.75 Å². The Kier molecular flexibility index (Phi) is 7.39. The van der Waals surface area contributed by atoms with E-state index >= 15 is 0 Å². The average Bonchev–Trinajstić information content (AvgIpc) is 3.57. The van der Waals surface area contributed by atoms with Gasteiger partial charge in [-0.3, -0.25) is 14.4 Å². The van der Waals surface area contributed by atoms with Crippen molar-refractivity contribution in [1.29, 1.82) is 0 Å². The molecule has 3 saturated heterocycles. The number of benzene rings is 2. The molecule has 1 spiro atoms. The second-order valence-corrected chi connectivity index (χ2v) is 10.7. The number of aliphatic hydroxyl groups is 1. The first kappa shape index (κ1) is 27.1. The molecule has 3 heterocycles. The fourth-order valence-electron chi connectivity index (χ4n) is 6.96. The third-order valence-electron chi connectivity index (χ3n) is 8.75. The summed E-state index contributed by atoms with van der Waals surface area (Å²) in [6.07, 6.45) is 2.37.